The number of nitrogens with one attached hydrogen (secondary N) is 2. The first-order valence-electron chi connectivity index (χ1n) is 7.90. The smallest absolute Gasteiger partial charge is 0.171 e. The molecule has 0 bridgehead atoms. The van der Waals surface area contributed by atoms with Crippen molar-refractivity contribution in [2.45, 2.75) is 32.7 Å². The maximum atomic E-state index is 5.34. The first-order chi connectivity index (χ1) is 11.1. The summed E-state index contributed by atoms with van der Waals surface area (Å²) in [6.07, 6.45) is 1.15. The Morgan fingerprint density at radius 2 is 1.74 bits per heavy atom. The first-order valence-corrected chi connectivity index (χ1v) is 8.31. The van der Waals surface area contributed by atoms with Gasteiger partial charge >= 0.3 is 0 Å². The highest BCUT2D eigenvalue weighted by Crippen LogP contribution is 2.20. The van der Waals surface area contributed by atoms with E-state index >= 15 is 0 Å². The highest BCUT2D eigenvalue weighted by molar-refractivity contribution is 7.80. The van der Waals surface area contributed by atoms with Crippen LogP contribution in [0.15, 0.2) is 48.5 Å². The van der Waals surface area contributed by atoms with Crippen LogP contribution in [0.5, 0.6) is 5.75 Å². The Kier molecular flexibility index (Phi) is 6.41. The zero-order chi connectivity index (χ0) is 16.7. The van der Waals surface area contributed by atoms with Crippen molar-refractivity contribution in [2.75, 3.05) is 12.4 Å². The van der Waals surface area contributed by atoms with Crippen molar-refractivity contribution in [1.82, 2.24) is 5.32 Å². The third kappa shape index (κ3) is 5.25. The number of ether oxygens (including phenoxy) is 1. The van der Waals surface area contributed by atoms with E-state index in [9.17, 15) is 0 Å². The molecule has 0 saturated carbocycles. The second kappa shape index (κ2) is 8.53. The van der Waals surface area contributed by atoms with Crippen molar-refractivity contribution in [3.05, 3.63) is 59.7 Å². The second-order valence-electron chi connectivity index (χ2n) is 5.59. The van der Waals surface area contributed by atoms with Crippen LogP contribution in [0.3, 0.4) is 0 Å². The van der Waals surface area contributed by atoms with Crippen LogP contribution in [-0.2, 0) is 6.54 Å². The fraction of sp³-hybridized carbons (Fsp3) is 0.316. The highest BCUT2D eigenvalue weighted by atomic mass is 32.1. The largest absolute Gasteiger partial charge is 0.497 e. The lowest BCUT2D eigenvalue weighted by Crippen LogP contribution is -2.27. The van der Waals surface area contributed by atoms with Crippen LogP contribution in [0, 0.1) is 0 Å². The summed E-state index contributed by atoms with van der Waals surface area (Å²) >= 11 is 5.34. The SMILES string of the molecule is CCC(C)c1ccc(NC(=S)NCc2ccc(OC)cc2)cc1. The highest BCUT2D eigenvalue weighted by Gasteiger charge is 2.03. The van der Waals surface area contributed by atoms with Crippen LogP contribution < -0.4 is 15.4 Å². The van der Waals surface area contributed by atoms with Gasteiger partial charge in [-0.25, -0.2) is 0 Å². The summed E-state index contributed by atoms with van der Waals surface area (Å²) in [6.45, 7) is 5.12. The Morgan fingerprint density at radius 1 is 1.09 bits per heavy atom. The molecular formula is C19H24N2OS. The molecule has 0 aliphatic heterocycles. The van der Waals surface area contributed by atoms with Crippen LogP contribution in [0.25, 0.3) is 0 Å². The molecule has 1 unspecified atom stereocenters. The maximum Gasteiger partial charge on any atom is 0.171 e. The van der Waals surface area contributed by atoms with Crippen LogP contribution >= 0.6 is 12.2 Å². The molecule has 0 amide bonds. The van der Waals surface area contributed by atoms with Gasteiger partial charge in [-0.15, -0.1) is 0 Å². The van der Waals surface area contributed by atoms with Crippen molar-refractivity contribution < 1.29 is 4.74 Å². The fourth-order valence-electron chi connectivity index (χ4n) is 2.23. The molecule has 2 aromatic carbocycles. The molecule has 1 atom stereocenters. The molecule has 0 fully saturated rings. The number of rotatable bonds is 6. The van der Waals surface area contributed by atoms with Gasteiger partial charge in [0.1, 0.15) is 5.75 Å². The Labute approximate surface area is 144 Å². The van der Waals surface area contributed by atoms with Gasteiger partial charge in [0.15, 0.2) is 5.11 Å². The van der Waals surface area contributed by atoms with E-state index in [1.807, 2.05) is 24.3 Å². The van der Waals surface area contributed by atoms with Crippen LogP contribution in [0.2, 0.25) is 0 Å². The minimum Gasteiger partial charge on any atom is -0.497 e. The van der Waals surface area contributed by atoms with E-state index in [0.717, 1.165) is 23.4 Å². The quantitative estimate of drug-likeness (QED) is 0.753. The van der Waals surface area contributed by atoms with Gasteiger partial charge in [-0.2, -0.15) is 0 Å². The topological polar surface area (TPSA) is 33.3 Å². The lowest BCUT2D eigenvalue weighted by molar-refractivity contribution is 0.414. The normalized spacial score (nSPS) is 11.6. The first kappa shape index (κ1) is 17.3. The zero-order valence-electron chi connectivity index (χ0n) is 13.9. The molecule has 122 valence electrons. The molecule has 0 saturated heterocycles. The number of anilines is 1. The average Bonchev–Trinajstić information content (AvgIpc) is 2.60. The monoisotopic (exact) mass is 328 g/mol. The van der Waals surface area contributed by atoms with E-state index < -0.39 is 0 Å². The standard InChI is InChI=1S/C19H24N2OS/c1-4-14(2)16-7-9-17(10-8-16)21-19(23)20-13-15-5-11-18(22-3)12-6-15/h5-12,14H,4,13H2,1-3H3,(H2,20,21,23). The van der Waals surface area contributed by atoms with Crippen LogP contribution in [-0.4, -0.2) is 12.2 Å². The van der Waals surface area contributed by atoms with E-state index in [4.69, 9.17) is 17.0 Å². The van der Waals surface area contributed by atoms with Gasteiger partial charge in [0, 0.05) is 12.2 Å². The minimum absolute atomic E-state index is 0.587. The van der Waals surface area contributed by atoms with Gasteiger partial charge in [-0.05, 0) is 59.9 Å². The molecule has 0 spiro atoms. The van der Waals surface area contributed by atoms with E-state index in [0.29, 0.717) is 17.6 Å². The third-order valence-corrected chi connectivity index (χ3v) is 4.21. The van der Waals surface area contributed by atoms with Gasteiger partial charge < -0.3 is 15.4 Å². The van der Waals surface area contributed by atoms with Crippen molar-refractivity contribution in [2.24, 2.45) is 0 Å². The Balaban J connectivity index is 1.84. The van der Waals surface area contributed by atoms with E-state index in [-0.39, 0.29) is 0 Å². The number of benzene rings is 2. The number of hydrogen-bond acceptors (Lipinski definition) is 2. The van der Waals surface area contributed by atoms with Crippen molar-refractivity contribution in [1.29, 1.82) is 0 Å². The Bertz CT molecular complexity index is 623. The van der Waals surface area contributed by atoms with Crippen molar-refractivity contribution >= 4 is 23.0 Å². The molecule has 23 heavy (non-hydrogen) atoms. The van der Waals surface area contributed by atoms with Gasteiger partial charge in [0.2, 0.25) is 0 Å². The maximum absolute atomic E-state index is 5.34. The summed E-state index contributed by atoms with van der Waals surface area (Å²) in [5.41, 5.74) is 3.52. The Hall–Kier alpha value is -2.07. The molecule has 0 radical (unpaired) electrons. The molecule has 3 nitrogen and oxygen atoms in total. The van der Waals surface area contributed by atoms with Crippen molar-refractivity contribution in [3.8, 4) is 5.75 Å². The number of methoxy groups -OCH3 is 1. The molecule has 2 N–H and O–H groups in total. The summed E-state index contributed by atoms with van der Waals surface area (Å²) in [6, 6.07) is 16.4. The van der Waals surface area contributed by atoms with Crippen LogP contribution in [0.1, 0.15) is 37.3 Å². The molecule has 0 heterocycles. The molecule has 2 rings (SSSR count). The predicted molar refractivity (Wildman–Crippen MR) is 101 cm³/mol. The van der Waals surface area contributed by atoms with Crippen molar-refractivity contribution in [3.63, 3.8) is 0 Å². The van der Waals surface area contributed by atoms with Gasteiger partial charge in [-0.1, -0.05) is 38.1 Å². The van der Waals surface area contributed by atoms with Gasteiger partial charge in [0.05, 0.1) is 7.11 Å². The van der Waals surface area contributed by atoms with Gasteiger partial charge in [0.25, 0.3) is 0 Å². The molecule has 4 heteroatoms. The Morgan fingerprint density at radius 3 is 2.30 bits per heavy atom. The molecule has 0 aliphatic rings. The summed E-state index contributed by atoms with van der Waals surface area (Å²) in [5.74, 6) is 1.44. The summed E-state index contributed by atoms with van der Waals surface area (Å²) in [4.78, 5) is 0. The summed E-state index contributed by atoms with van der Waals surface area (Å²) in [7, 11) is 1.67. The van der Waals surface area contributed by atoms with E-state index in [1.54, 1.807) is 7.11 Å². The molecular weight excluding hydrogens is 304 g/mol. The summed E-state index contributed by atoms with van der Waals surface area (Å²) in [5, 5.41) is 7.05. The summed E-state index contributed by atoms with van der Waals surface area (Å²) < 4.78 is 5.15. The predicted octanol–water partition coefficient (Wildman–Crippen LogP) is 4.70. The average molecular weight is 328 g/mol. The van der Waals surface area contributed by atoms with Crippen LogP contribution in [0.4, 0.5) is 5.69 Å². The lowest BCUT2D eigenvalue weighted by Gasteiger charge is -2.13. The fourth-order valence-corrected chi connectivity index (χ4v) is 2.42. The number of thiocarbonyl (C=S) groups is 1. The molecule has 0 aliphatic carbocycles. The second-order valence-corrected chi connectivity index (χ2v) is 6.00. The minimum atomic E-state index is 0.587. The van der Waals surface area contributed by atoms with E-state index in [1.165, 1.54) is 5.56 Å². The lowest BCUT2D eigenvalue weighted by atomic mass is 9.99. The molecule has 2 aromatic rings. The molecule has 0 aromatic heterocycles. The number of hydrogen-bond donors (Lipinski definition) is 2. The van der Waals surface area contributed by atoms with Gasteiger partial charge in [-0.3, -0.25) is 0 Å². The zero-order valence-corrected chi connectivity index (χ0v) is 14.7. The third-order valence-electron chi connectivity index (χ3n) is 3.96. The van der Waals surface area contributed by atoms with E-state index in [2.05, 4.69) is 48.7 Å².